The molecule has 0 saturated carbocycles. The second-order valence-corrected chi connectivity index (χ2v) is 16.2. The fourth-order valence-corrected chi connectivity index (χ4v) is 9.27. The molecule has 5 rings (SSSR count). The van der Waals surface area contributed by atoms with E-state index in [1.807, 2.05) is 34.6 Å². The van der Waals surface area contributed by atoms with E-state index in [9.17, 15) is 20.1 Å². The van der Waals surface area contributed by atoms with E-state index in [4.69, 9.17) is 33.2 Å². The fraction of sp³-hybridized carbons (Fsp3) is 0.917. The summed E-state index contributed by atoms with van der Waals surface area (Å²) in [6.45, 7) is 16.6. The lowest BCUT2D eigenvalue weighted by Gasteiger charge is -2.62. The van der Waals surface area contributed by atoms with Gasteiger partial charge in [0, 0.05) is 44.2 Å². The smallest absolute Gasteiger partial charge is 0.317 e. The minimum absolute atomic E-state index is 0.0291. The van der Waals surface area contributed by atoms with Gasteiger partial charge >= 0.3 is 5.97 Å². The average molecular weight is 684 g/mol. The van der Waals surface area contributed by atoms with E-state index in [0.717, 1.165) is 12.0 Å². The van der Waals surface area contributed by atoms with Crippen LogP contribution in [0.25, 0.3) is 0 Å². The maximum Gasteiger partial charge on any atom is 0.317 e. The van der Waals surface area contributed by atoms with Crippen molar-refractivity contribution in [2.24, 2.45) is 17.8 Å². The molecule has 5 heterocycles. The Labute approximate surface area is 286 Å². The summed E-state index contributed by atoms with van der Waals surface area (Å²) in [7, 11) is 5.63. The third kappa shape index (κ3) is 6.36. The Bertz CT molecular complexity index is 1230. The molecule has 0 aliphatic carbocycles. The molecule has 0 amide bonds. The number of carbonyl (C=O) groups excluding carboxylic acids is 1. The van der Waals surface area contributed by atoms with Crippen LogP contribution in [0.1, 0.15) is 94.4 Å². The Balaban J connectivity index is 1.60. The summed E-state index contributed by atoms with van der Waals surface area (Å²) < 4.78 is 45.3. The van der Waals surface area contributed by atoms with E-state index in [2.05, 4.69) is 19.0 Å². The van der Waals surface area contributed by atoms with Crippen LogP contribution in [0.5, 0.6) is 0 Å². The van der Waals surface area contributed by atoms with E-state index < -0.39 is 89.2 Å². The summed E-state index contributed by atoms with van der Waals surface area (Å²) >= 11 is 0. The molecule has 4 saturated heterocycles. The normalized spacial score (nSPS) is 51.7. The number of hydrogen-bond acceptors (Lipinski definition) is 12. The van der Waals surface area contributed by atoms with E-state index in [1.165, 1.54) is 14.0 Å². The highest BCUT2D eigenvalue weighted by molar-refractivity contribution is 5.76. The predicted molar refractivity (Wildman–Crippen MR) is 176 cm³/mol. The molecular formula is C36H61NO11. The number of ether oxygens (including phenoxy) is 7. The van der Waals surface area contributed by atoms with Crippen LogP contribution in [0.2, 0.25) is 0 Å². The highest BCUT2D eigenvalue weighted by Gasteiger charge is 2.70. The molecule has 0 aromatic carbocycles. The number of aliphatic hydroxyl groups excluding tert-OH is 2. The summed E-state index contributed by atoms with van der Waals surface area (Å²) in [6.07, 6.45) is -3.65. The van der Waals surface area contributed by atoms with Gasteiger partial charge in [0.2, 0.25) is 0 Å². The molecule has 48 heavy (non-hydrogen) atoms. The predicted octanol–water partition coefficient (Wildman–Crippen LogP) is 3.29. The second-order valence-electron chi connectivity index (χ2n) is 16.2. The number of aliphatic hydroxyl groups is 3. The van der Waals surface area contributed by atoms with Crippen molar-refractivity contribution in [2.75, 3.05) is 21.2 Å². The molecule has 0 aromatic rings. The van der Waals surface area contributed by atoms with Crippen molar-refractivity contribution in [1.29, 1.82) is 0 Å². The van der Waals surface area contributed by atoms with Crippen LogP contribution in [0.15, 0.2) is 11.3 Å². The number of carbonyl (C=O) groups is 1. The van der Waals surface area contributed by atoms with Crippen LogP contribution in [0, 0.1) is 17.8 Å². The van der Waals surface area contributed by atoms with Crippen molar-refractivity contribution in [3.63, 3.8) is 0 Å². The summed E-state index contributed by atoms with van der Waals surface area (Å²) in [4.78, 5) is 16.7. The SMILES string of the molecule is CC[C@H]1OC(=O)[C@H]2[C@@H](OC23CC(C)(OC)C(O)C(C)O3)[C@H](C)[C@@H](OC2CC(N(C)C)CC(C)O2)[C@@]2(C)CC(C)=C(O2)[C@H](C)[C@@H](O)[C@]1(C)O. The molecule has 7 unspecified atom stereocenters. The number of methoxy groups -OCH3 is 1. The molecule has 2 bridgehead atoms. The number of esters is 1. The molecule has 3 N–H and O–H groups in total. The number of fused-ring (bicyclic) bond motifs is 4. The van der Waals surface area contributed by atoms with Gasteiger partial charge in [-0.2, -0.15) is 0 Å². The van der Waals surface area contributed by atoms with Crippen molar-refractivity contribution in [2.45, 2.75) is 172 Å². The first-order valence-corrected chi connectivity index (χ1v) is 17.8. The number of hydrogen-bond donors (Lipinski definition) is 3. The molecule has 1 spiro atoms. The van der Waals surface area contributed by atoms with Gasteiger partial charge < -0.3 is 53.4 Å². The van der Waals surface area contributed by atoms with Crippen LogP contribution in [-0.4, -0.2) is 125 Å². The maximum atomic E-state index is 14.5. The van der Waals surface area contributed by atoms with Gasteiger partial charge in [0.15, 0.2) is 12.1 Å². The zero-order valence-electron chi connectivity index (χ0n) is 31.0. The molecule has 0 aromatic heterocycles. The van der Waals surface area contributed by atoms with Crippen LogP contribution >= 0.6 is 0 Å². The third-order valence-electron chi connectivity index (χ3n) is 12.1. The van der Waals surface area contributed by atoms with Gasteiger partial charge in [-0.1, -0.05) is 20.8 Å². The van der Waals surface area contributed by atoms with Crippen LogP contribution < -0.4 is 0 Å². The van der Waals surface area contributed by atoms with Gasteiger partial charge in [0.25, 0.3) is 0 Å². The second kappa shape index (κ2) is 13.3. The van der Waals surface area contributed by atoms with Gasteiger partial charge in [-0.05, 0) is 74.1 Å². The van der Waals surface area contributed by atoms with E-state index in [1.54, 1.807) is 20.8 Å². The molecule has 12 heteroatoms. The summed E-state index contributed by atoms with van der Waals surface area (Å²) in [5.41, 5.74) is -2.86. The van der Waals surface area contributed by atoms with Gasteiger partial charge in [0.05, 0.1) is 30.0 Å². The Morgan fingerprint density at radius 3 is 2.29 bits per heavy atom. The topological polar surface area (TPSA) is 146 Å². The van der Waals surface area contributed by atoms with Crippen molar-refractivity contribution in [3.05, 3.63) is 11.3 Å². The Kier molecular flexibility index (Phi) is 10.5. The molecule has 4 fully saturated rings. The number of nitrogens with zero attached hydrogens (tertiary/aromatic N) is 1. The van der Waals surface area contributed by atoms with Crippen LogP contribution in [-0.2, 0) is 38.0 Å². The molecule has 276 valence electrons. The van der Waals surface area contributed by atoms with Crippen molar-refractivity contribution >= 4 is 5.97 Å². The Hall–Kier alpha value is -1.35. The van der Waals surface area contributed by atoms with Crippen molar-refractivity contribution < 1.29 is 53.3 Å². The average Bonchev–Trinajstić information content (AvgIpc) is 3.32. The maximum absolute atomic E-state index is 14.5. The standard InChI is InChI=1S/C36H61NO11/c1-13-24-35(9,41)29(38)20(4)27-18(2)16-33(7,47-27)31(45-25-15-23(37(10)11)14-19(3)43-25)21(5)28-26(32(40)44-24)36(48-28)17-34(8,42-12)30(39)22(6)46-36/h19-26,28-31,38-39,41H,13-17H2,1-12H3/t19?,20-,21-,22?,23?,24+,25?,26+,28-,29+,30?,31+,33+,34?,35+,36?/m0/s1. The van der Waals surface area contributed by atoms with Gasteiger partial charge in [-0.3, -0.25) is 4.79 Å². The Morgan fingerprint density at radius 2 is 1.69 bits per heavy atom. The summed E-state index contributed by atoms with van der Waals surface area (Å²) in [5.74, 6) is -3.52. The lowest BCUT2D eigenvalue weighted by molar-refractivity contribution is -0.440. The monoisotopic (exact) mass is 683 g/mol. The molecule has 5 aliphatic rings. The summed E-state index contributed by atoms with van der Waals surface area (Å²) in [5, 5.41) is 34.6. The zero-order chi connectivity index (χ0) is 35.7. The van der Waals surface area contributed by atoms with E-state index in [-0.39, 0.29) is 25.0 Å². The number of cyclic esters (lactones) is 1. The largest absolute Gasteiger partial charge is 0.489 e. The van der Waals surface area contributed by atoms with E-state index in [0.29, 0.717) is 18.6 Å². The third-order valence-corrected chi connectivity index (χ3v) is 12.1. The molecule has 12 nitrogen and oxygen atoms in total. The van der Waals surface area contributed by atoms with Gasteiger partial charge in [-0.25, -0.2) is 0 Å². The first-order valence-electron chi connectivity index (χ1n) is 17.8. The highest BCUT2D eigenvalue weighted by atomic mass is 16.7. The minimum atomic E-state index is -1.81. The summed E-state index contributed by atoms with van der Waals surface area (Å²) in [6, 6.07) is 0.251. The zero-order valence-corrected chi connectivity index (χ0v) is 31.0. The van der Waals surface area contributed by atoms with Crippen molar-refractivity contribution in [1.82, 2.24) is 4.90 Å². The van der Waals surface area contributed by atoms with Gasteiger partial charge in [-0.15, -0.1) is 0 Å². The molecular weight excluding hydrogens is 622 g/mol. The molecule has 0 radical (unpaired) electrons. The lowest BCUT2D eigenvalue weighted by atomic mass is 9.68. The minimum Gasteiger partial charge on any atom is -0.489 e. The highest BCUT2D eigenvalue weighted by Crippen LogP contribution is 2.56. The lowest BCUT2D eigenvalue weighted by Crippen LogP contribution is -2.75. The van der Waals surface area contributed by atoms with Crippen molar-refractivity contribution in [3.8, 4) is 0 Å². The first-order chi connectivity index (χ1) is 22.2. The number of rotatable bonds is 5. The molecule has 5 aliphatic heterocycles. The Morgan fingerprint density at radius 1 is 1.02 bits per heavy atom. The van der Waals surface area contributed by atoms with E-state index >= 15 is 0 Å². The van der Waals surface area contributed by atoms with Gasteiger partial charge in [0.1, 0.15) is 41.2 Å². The van der Waals surface area contributed by atoms with Crippen LogP contribution in [0.3, 0.4) is 0 Å². The fourth-order valence-electron chi connectivity index (χ4n) is 9.27. The first kappa shape index (κ1) is 37.9. The quantitative estimate of drug-likeness (QED) is 0.366. The van der Waals surface area contributed by atoms with Crippen LogP contribution in [0.4, 0.5) is 0 Å². The molecule has 16 atom stereocenters.